The lowest BCUT2D eigenvalue weighted by Crippen LogP contribution is -2.60. The average Bonchev–Trinajstić information content (AvgIpc) is 3.70. The van der Waals surface area contributed by atoms with E-state index in [2.05, 4.69) is 247 Å². The molecule has 0 spiro atoms. The Morgan fingerprint density at radius 1 is 0.551 bits per heavy atom. The van der Waals surface area contributed by atoms with Gasteiger partial charge >= 0.3 is 6.85 Å². The molecule has 4 aromatic heterocycles. The Bertz CT molecular complexity index is 4750. The lowest BCUT2D eigenvalue weighted by molar-refractivity contribution is 0.332. The van der Waals surface area contributed by atoms with Crippen LogP contribution < -0.4 is 15.7 Å². The van der Waals surface area contributed by atoms with Gasteiger partial charge in [0.1, 0.15) is 17.0 Å². The van der Waals surface area contributed by atoms with Crippen LogP contribution >= 0.6 is 11.3 Å². The zero-order valence-electron chi connectivity index (χ0n) is 46.2. The largest absolute Gasteiger partial charge is 0.456 e. The number of para-hydroxylation sites is 1. The van der Waals surface area contributed by atoms with Gasteiger partial charge in [0, 0.05) is 75.6 Å². The molecular formula is C71H61BN4OS. The summed E-state index contributed by atoms with van der Waals surface area (Å²) >= 11 is 1.95. The van der Waals surface area contributed by atoms with Crippen molar-refractivity contribution in [2.45, 2.75) is 104 Å². The van der Waals surface area contributed by atoms with Crippen LogP contribution in [0.2, 0.25) is 0 Å². The van der Waals surface area contributed by atoms with Crippen LogP contribution in [0.1, 0.15) is 104 Å². The van der Waals surface area contributed by atoms with Gasteiger partial charge in [0.2, 0.25) is 0 Å². The van der Waals surface area contributed by atoms with Gasteiger partial charge in [0.05, 0.1) is 22.1 Å². The van der Waals surface area contributed by atoms with Crippen LogP contribution in [0.25, 0.3) is 109 Å². The molecule has 78 heavy (non-hydrogen) atoms. The molecule has 6 heterocycles. The lowest BCUT2D eigenvalue weighted by Gasteiger charge is -2.42. The highest BCUT2D eigenvalue weighted by atomic mass is 32.1. The summed E-state index contributed by atoms with van der Waals surface area (Å²) < 4.78 is 14.9. The molecule has 0 saturated heterocycles. The van der Waals surface area contributed by atoms with E-state index in [0.29, 0.717) is 0 Å². The highest BCUT2D eigenvalue weighted by Gasteiger charge is 2.47. The van der Waals surface area contributed by atoms with Gasteiger partial charge in [-0.2, -0.15) is 0 Å². The molecule has 2 aliphatic heterocycles. The van der Waals surface area contributed by atoms with Crippen LogP contribution in [0, 0.1) is 0 Å². The smallest absolute Gasteiger partial charge is 0.333 e. The number of imidazole rings is 1. The van der Waals surface area contributed by atoms with Crippen molar-refractivity contribution in [2.75, 3.05) is 4.81 Å². The van der Waals surface area contributed by atoms with Crippen LogP contribution in [0.3, 0.4) is 0 Å². The van der Waals surface area contributed by atoms with Crippen molar-refractivity contribution in [2.24, 2.45) is 0 Å². The third-order valence-electron chi connectivity index (χ3n) is 18.4. The van der Waals surface area contributed by atoms with E-state index in [1.165, 1.54) is 103 Å². The molecule has 0 fully saturated rings. The highest BCUT2D eigenvalue weighted by molar-refractivity contribution is 7.27. The summed E-state index contributed by atoms with van der Waals surface area (Å²) in [4.78, 5) is 8.38. The maximum Gasteiger partial charge on any atom is 0.333 e. The minimum atomic E-state index is -0.234. The van der Waals surface area contributed by atoms with Crippen molar-refractivity contribution in [3.8, 4) is 33.9 Å². The van der Waals surface area contributed by atoms with E-state index in [1.54, 1.807) is 0 Å². The third-order valence-corrected chi connectivity index (χ3v) is 19.6. The fraction of sp³-hybridized carbons (Fsp3) is 0.225. The number of benzene rings is 9. The maximum absolute atomic E-state index is 7.24. The zero-order chi connectivity index (χ0) is 53.1. The van der Waals surface area contributed by atoms with E-state index in [4.69, 9.17) is 9.40 Å². The second-order valence-electron chi connectivity index (χ2n) is 26.2. The van der Waals surface area contributed by atoms with Crippen LogP contribution in [-0.2, 0) is 21.7 Å². The standard InChI is InChI=1S/C71H61BN4OS/c1-68(2,3)41-25-28-44(29-26-41)76-55-35-47-46-34-50-51(71(9,10)32-31-70(50,7)8)37-59(46)77-58(47)36-49(55)61-62-45-23-17-18-24-60(45)78-66(62)63-48-33-42(69(4,5)6)27-30-54(48)75-56-39-57-53(38-52(56)72(76)64(61)65(63)75)73-67(40-19-13-11-14-20-40)74(57)43-21-15-12-16-22-43/h11-30,33-39H,31-32H2,1-10H3. The summed E-state index contributed by atoms with van der Waals surface area (Å²) in [5.74, 6) is 0.924. The Labute approximate surface area is 459 Å². The molecule has 0 atom stereocenters. The number of aromatic nitrogens is 3. The van der Waals surface area contributed by atoms with E-state index in [1.807, 2.05) is 11.3 Å². The molecule has 0 bridgehead atoms. The van der Waals surface area contributed by atoms with Crippen LogP contribution in [0.4, 0.5) is 11.4 Å². The first-order chi connectivity index (χ1) is 37.4. The molecule has 0 saturated carbocycles. The first kappa shape index (κ1) is 46.3. The number of hydrogen-bond acceptors (Lipinski definition) is 4. The summed E-state index contributed by atoms with van der Waals surface area (Å²) in [6.45, 7) is 23.4. The van der Waals surface area contributed by atoms with E-state index in [-0.39, 0.29) is 28.5 Å². The molecule has 0 radical (unpaired) electrons. The van der Waals surface area contributed by atoms with Crippen molar-refractivity contribution < 1.29 is 4.42 Å². The summed E-state index contributed by atoms with van der Waals surface area (Å²) in [5, 5.41) is 7.58. The molecule has 380 valence electrons. The fourth-order valence-electron chi connectivity index (χ4n) is 14.2. The zero-order valence-corrected chi connectivity index (χ0v) is 47.0. The molecule has 9 aromatic carbocycles. The quantitative estimate of drug-likeness (QED) is 0.166. The number of rotatable bonds is 3. The van der Waals surface area contributed by atoms with Gasteiger partial charge in [0.15, 0.2) is 0 Å². The van der Waals surface area contributed by atoms with Crippen LogP contribution in [0.15, 0.2) is 168 Å². The van der Waals surface area contributed by atoms with Crippen molar-refractivity contribution in [1.29, 1.82) is 0 Å². The molecular weight excluding hydrogens is 968 g/mol. The second-order valence-corrected chi connectivity index (χ2v) is 27.3. The molecule has 16 rings (SSSR count). The minimum Gasteiger partial charge on any atom is -0.456 e. The molecule has 3 aliphatic rings. The van der Waals surface area contributed by atoms with Gasteiger partial charge < -0.3 is 13.8 Å². The number of nitrogens with zero attached hydrogens (tertiary/aromatic N) is 4. The van der Waals surface area contributed by atoms with Crippen molar-refractivity contribution in [3.63, 3.8) is 0 Å². The first-order valence-corrected chi connectivity index (χ1v) is 28.8. The van der Waals surface area contributed by atoms with Crippen LogP contribution in [-0.4, -0.2) is 21.0 Å². The lowest BCUT2D eigenvalue weighted by atomic mass is 9.43. The van der Waals surface area contributed by atoms with Gasteiger partial charge in [-0.15, -0.1) is 11.3 Å². The topological polar surface area (TPSA) is 39.1 Å². The Morgan fingerprint density at radius 3 is 1.94 bits per heavy atom. The number of hydrogen-bond donors (Lipinski definition) is 0. The highest BCUT2D eigenvalue weighted by Crippen LogP contribution is 2.55. The van der Waals surface area contributed by atoms with E-state index < -0.39 is 0 Å². The molecule has 5 nitrogen and oxygen atoms in total. The van der Waals surface area contributed by atoms with E-state index in [9.17, 15) is 0 Å². The summed E-state index contributed by atoms with van der Waals surface area (Å²) in [6, 6.07) is 62.2. The monoisotopic (exact) mass is 1030 g/mol. The number of thiophene rings is 1. The Hall–Kier alpha value is -7.87. The average molecular weight is 1030 g/mol. The molecule has 0 amide bonds. The van der Waals surface area contributed by atoms with Gasteiger partial charge in [-0.25, -0.2) is 4.98 Å². The van der Waals surface area contributed by atoms with Gasteiger partial charge in [0.25, 0.3) is 0 Å². The van der Waals surface area contributed by atoms with E-state index in [0.717, 1.165) is 63.2 Å². The molecule has 1 aliphatic carbocycles. The normalized spacial score (nSPS) is 15.6. The minimum absolute atomic E-state index is 0.0179. The van der Waals surface area contributed by atoms with Crippen molar-refractivity contribution >= 4 is 115 Å². The SMILES string of the molecule is CC(C)(C)c1ccc(N2B3c4cc5nc(-c6ccccc6)n(-c6ccccc6)c5cc4-n4c5ccc(C(C)(C)C)cc5c5c6sc7ccccc7c6c(c3c54)-c3cc4oc5cc6c(cc5c4cc32)C(C)(C)CCC6(C)C)cc1. The fourth-order valence-corrected chi connectivity index (χ4v) is 15.4. The summed E-state index contributed by atoms with van der Waals surface area (Å²) in [6.07, 6.45) is 2.30. The Kier molecular flexibility index (Phi) is 9.16. The third kappa shape index (κ3) is 6.28. The molecule has 13 aromatic rings. The number of anilines is 2. The van der Waals surface area contributed by atoms with Crippen LogP contribution in [0.5, 0.6) is 0 Å². The summed E-state index contributed by atoms with van der Waals surface area (Å²) in [7, 11) is 0. The maximum atomic E-state index is 7.24. The Balaban J connectivity index is 1.11. The van der Waals surface area contributed by atoms with Gasteiger partial charge in [-0.1, -0.05) is 154 Å². The van der Waals surface area contributed by atoms with Gasteiger partial charge in [-0.05, 0) is 152 Å². The van der Waals surface area contributed by atoms with Crippen molar-refractivity contribution in [3.05, 3.63) is 186 Å². The molecule has 7 heteroatoms. The Morgan fingerprint density at radius 2 is 1.21 bits per heavy atom. The van der Waals surface area contributed by atoms with E-state index >= 15 is 0 Å². The van der Waals surface area contributed by atoms with Gasteiger partial charge in [-0.3, -0.25) is 4.57 Å². The molecule has 0 N–H and O–H groups in total. The second kappa shape index (κ2) is 15.4. The predicted molar refractivity (Wildman–Crippen MR) is 333 cm³/mol. The molecule has 0 unspecified atom stereocenters. The summed E-state index contributed by atoms with van der Waals surface area (Å²) in [5.41, 5.74) is 22.7. The first-order valence-electron chi connectivity index (χ1n) is 28.0. The number of furan rings is 1. The number of fused-ring (bicyclic) bond motifs is 18. The predicted octanol–water partition coefficient (Wildman–Crippen LogP) is 18.2. The van der Waals surface area contributed by atoms with Crippen molar-refractivity contribution in [1.82, 2.24) is 14.1 Å².